The fourth-order valence-electron chi connectivity index (χ4n) is 5.14. The Bertz CT molecular complexity index is 989. The van der Waals surface area contributed by atoms with E-state index in [1.807, 2.05) is 19.1 Å². The van der Waals surface area contributed by atoms with E-state index >= 15 is 0 Å². The summed E-state index contributed by atoms with van der Waals surface area (Å²) in [6.45, 7) is 6.86. The molecule has 10 heteroatoms. The van der Waals surface area contributed by atoms with Crippen LogP contribution in [0.5, 0.6) is 0 Å². The molecule has 0 saturated carbocycles. The lowest BCUT2D eigenvalue weighted by atomic mass is 9.71. The van der Waals surface area contributed by atoms with Crippen molar-refractivity contribution in [2.45, 2.75) is 38.7 Å². The van der Waals surface area contributed by atoms with Crippen LogP contribution in [0, 0.1) is 5.41 Å². The molecule has 1 unspecified atom stereocenters. The predicted octanol–water partition coefficient (Wildman–Crippen LogP) is 1.10. The zero-order chi connectivity index (χ0) is 22.1. The van der Waals surface area contributed by atoms with E-state index in [0.717, 1.165) is 68.7 Å². The SMILES string of the molecule is CC1=C(N2CCC3(CCN(CC(O)c4ccnc(-n5cnnn5)c4)CC3)CC2)COC1=O. The Morgan fingerprint density at radius 3 is 2.59 bits per heavy atom. The van der Waals surface area contributed by atoms with Gasteiger partial charge in [-0.25, -0.2) is 9.78 Å². The molecular formula is C22H29N7O3. The first-order valence-electron chi connectivity index (χ1n) is 11.2. The Balaban J connectivity index is 1.14. The van der Waals surface area contributed by atoms with Crippen LogP contribution in [-0.2, 0) is 9.53 Å². The minimum atomic E-state index is -0.584. The van der Waals surface area contributed by atoms with Gasteiger partial charge in [0.2, 0.25) is 0 Å². The lowest BCUT2D eigenvalue weighted by Crippen LogP contribution is -2.47. The van der Waals surface area contributed by atoms with Crippen LogP contribution < -0.4 is 0 Å². The highest BCUT2D eigenvalue weighted by molar-refractivity contribution is 5.90. The number of hydrogen-bond acceptors (Lipinski definition) is 9. The lowest BCUT2D eigenvalue weighted by molar-refractivity contribution is -0.136. The van der Waals surface area contributed by atoms with Crippen molar-refractivity contribution in [1.82, 2.24) is 35.0 Å². The normalized spacial score (nSPS) is 22.4. The number of rotatable bonds is 5. The standard InChI is InChI=1S/C22H29N7O3/c1-16-18(14-32-21(16)31)28-10-5-22(6-11-28)3-8-27(9-4-22)13-19(30)17-2-7-23-20(12-17)29-15-24-25-26-29/h2,7,12,15,19,30H,3-6,8-11,13-14H2,1H3. The summed E-state index contributed by atoms with van der Waals surface area (Å²) in [5.41, 5.74) is 3.03. The molecule has 170 valence electrons. The van der Waals surface area contributed by atoms with Gasteiger partial charge in [-0.05, 0) is 79.2 Å². The van der Waals surface area contributed by atoms with Crippen LogP contribution in [0.4, 0.5) is 0 Å². The molecule has 3 aliphatic rings. The van der Waals surface area contributed by atoms with Gasteiger partial charge in [-0.2, -0.15) is 4.68 Å². The van der Waals surface area contributed by atoms with E-state index < -0.39 is 6.10 Å². The van der Waals surface area contributed by atoms with Crippen molar-refractivity contribution in [3.05, 3.63) is 41.5 Å². The van der Waals surface area contributed by atoms with Crippen molar-refractivity contribution in [3.63, 3.8) is 0 Å². The maximum absolute atomic E-state index is 11.7. The number of carbonyl (C=O) groups is 1. The minimum Gasteiger partial charge on any atom is -0.456 e. The highest BCUT2D eigenvalue weighted by Crippen LogP contribution is 2.42. The van der Waals surface area contributed by atoms with Crippen molar-refractivity contribution in [1.29, 1.82) is 0 Å². The lowest BCUT2D eigenvalue weighted by Gasteiger charge is -2.47. The van der Waals surface area contributed by atoms with Gasteiger partial charge in [0.1, 0.15) is 12.9 Å². The number of β-amino-alcohol motifs (C(OH)–C–C–N with tert-alkyl or cyclic N) is 1. The molecule has 32 heavy (non-hydrogen) atoms. The zero-order valence-electron chi connectivity index (χ0n) is 18.4. The van der Waals surface area contributed by atoms with Gasteiger partial charge in [0, 0.05) is 25.8 Å². The number of likely N-dealkylation sites (tertiary alicyclic amines) is 2. The molecule has 2 fully saturated rings. The molecule has 5 heterocycles. The van der Waals surface area contributed by atoms with Gasteiger partial charge in [0.25, 0.3) is 0 Å². The molecule has 0 amide bonds. The maximum Gasteiger partial charge on any atom is 0.335 e. The summed E-state index contributed by atoms with van der Waals surface area (Å²) in [7, 11) is 0. The fraction of sp³-hybridized carbons (Fsp3) is 0.591. The third kappa shape index (κ3) is 4.12. The van der Waals surface area contributed by atoms with E-state index in [1.54, 1.807) is 6.20 Å². The molecule has 3 aliphatic heterocycles. The number of aliphatic hydroxyl groups excluding tert-OH is 1. The summed E-state index contributed by atoms with van der Waals surface area (Å²) < 4.78 is 6.67. The topological polar surface area (TPSA) is 110 Å². The summed E-state index contributed by atoms with van der Waals surface area (Å²) in [6.07, 6.45) is 7.17. The van der Waals surface area contributed by atoms with E-state index in [-0.39, 0.29) is 5.97 Å². The Hall–Kier alpha value is -2.85. The van der Waals surface area contributed by atoms with Crippen molar-refractivity contribution in [2.75, 3.05) is 39.3 Å². The fourth-order valence-corrected chi connectivity index (χ4v) is 5.14. The third-order valence-corrected chi connectivity index (χ3v) is 7.37. The number of hydrogen-bond donors (Lipinski definition) is 1. The van der Waals surface area contributed by atoms with E-state index in [0.29, 0.717) is 24.4 Å². The second kappa shape index (κ2) is 8.59. The summed E-state index contributed by atoms with van der Waals surface area (Å²) in [6, 6.07) is 3.67. The van der Waals surface area contributed by atoms with Crippen LogP contribution in [0.2, 0.25) is 0 Å². The Morgan fingerprint density at radius 1 is 1.19 bits per heavy atom. The smallest absolute Gasteiger partial charge is 0.335 e. The van der Waals surface area contributed by atoms with Crippen molar-refractivity contribution in [3.8, 4) is 5.82 Å². The zero-order valence-corrected chi connectivity index (χ0v) is 18.4. The first-order chi connectivity index (χ1) is 15.5. The van der Waals surface area contributed by atoms with Gasteiger partial charge in [0.15, 0.2) is 5.82 Å². The highest BCUT2D eigenvalue weighted by atomic mass is 16.5. The van der Waals surface area contributed by atoms with Gasteiger partial charge >= 0.3 is 5.97 Å². The summed E-state index contributed by atoms with van der Waals surface area (Å²) >= 11 is 0. The molecule has 5 rings (SSSR count). The van der Waals surface area contributed by atoms with Gasteiger partial charge in [0.05, 0.1) is 17.4 Å². The molecule has 1 N–H and O–H groups in total. The number of ether oxygens (including phenoxy) is 1. The van der Waals surface area contributed by atoms with Crippen LogP contribution in [0.25, 0.3) is 5.82 Å². The Kier molecular flexibility index (Phi) is 5.64. The van der Waals surface area contributed by atoms with Gasteiger partial charge in [-0.3, -0.25) is 0 Å². The number of esters is 1. The monoisotopic (exact) mass is 439 g/mol. The average Bonchev–Trinajstić information content (AvgIpc) is 3.47. The number of aromatic nitrogens is 5. The summed E-state index contributed by atoms with van der Waals surface area (Å²) in [5.74, 6) is 0.419. The first kappa shape index (κ1) is 21.0. The summed E-state index contributed by atoms with van der Waals surface area (Å²) in [4.78, 5) is 20.7. The van der Waals surface area contributed by atoms with E-state index in [2.05, 4.69) is 30.3 Å². The second-order valence-corrected chi connectivity index (χ2v) is 9.15. The molecular weight excluding hydrogens is 410 g/mol. The molecule has 1 spiro atoms. The number of aliphatic hydroxyl groups is 1. The van der Waals surface area contributed by atoms with E-state index in [4.69, 9.17) is 4.74 Å². The third-order valence-electron chi connectivity index (χ3n) is 7.37. The van der Waals surface area contributed by atoms with E-state index in [9.17, 15) is 9.90 Å². The molecule has 2 aromatic rings. The number of tetrazole rings is 1. The number of carbonyl (C=O) groups excluding carboxylic acids is 1. The molecule has 0 aliphatic carbocycles. The highest BCUT2D eigenvalue weighted by Gasteiger charge is 2.39. The molecule has 2 aromatic heterocycles. The van der Waals surface area contributed by atoms with Gasteiger partial charge in [-0.1, -0.05) is 0 Å². The van der Waals surface area contributed by atoms with Crippen LogP contribution in [0.15, 0.2) is 35.9 Å². The number of piperidine rings is 2. The quantitative estimate of drug-likeness (QED) is 0.685. The minimum absolute atomic E-state index is 0.175. The van der Waals surface area contributed by atoms with E-state index in [1.165, 1.54) is 11.0 Å². The van der Waals surface area contributed by atoms with Crippen LogP contribution in [0.3, 0.4) is 0 Å². The number of cyclic esters (lactones) is 1. The Labute approximate surface area is 186 Å². The molecule has 0 aromatic carbocycles. The van der Waals surface area contributed by atoms with Crippen LogP contribution >= 0.6 is 0 Å². The average molecular weight is 440 g/mol. The molecule has 0 bridgehead atoms. The van der Waals surface area contributed by atoms with Gasteiger partial charge < -0.3 is 19.6 Å². The maximum atomic E-state index is 11.7. The molecule has 0 radical (unpaired) electrons. The first-order valence-corrected chi connectivity index (χ1v) is 11.2. The van der Waals surface area contributed by atoms with Crippen LogP contribution in [-0.4, -0.2) is 85.4 Å². The number of pyridine rings is 1. The predicted molar refractivity (Wildman–Crippen MR) is 114 cm³/mol. The summed E-state index contributed by atoms with van der Waals surface area (Å²) in [5, 5.41) is 22.0. The largest absolute Gasteiger partial charge is 0.456 e. The van der Waals surface area contributed by atoms with Crippen molar-refractivity contribution < 1.29 is 14.6 Å². The molecule has 10 nitrogen and oxygen atoms in total. The van der Waals surface area contributed by atoms with Crippen molar-refractivity contribution in [2.24, 2.45) is 5.41 Å². The van der Waals surface area contributed by atoms with Gasteiger partial charge in [-0.15, -0.1) is 5.10 Å². The molecule has 1 atom stereocenters. The van der Waals surface area contributed by atoms with Crippen molar-refractivity contribution >= 4 is 5.97 Å². The second-order valence-electron chi connectivity index (χ2n) is 9.15. The number of nitrogens with zero attached hydrogens (tertiary/aromatic N) is 7. The van der Waals surface area contributed by atoms with Crippen LogP contribution in [0.1, 0.15) is 44.3 Å². The molecule has 2 saturated heterocycles. The Morgan fingerprint density at radius 2 is 1.94 bits per heavy atom.